The van der Waals surface area contributed by atoms with Crippen LogP contribution in [0.1, 0.15) is 86.5 Å². The minimum Gasteiger partial charge on any atom is -0.486 e. The van der Waals surface area contributed by atoms with Gasteiger partial charge in [0, 0.05) is 18.7 Å². The third kappa shape index (κ3) is 8.88. The van der Waals surface area contributed by atoms with Crippen LogP contribution >= 0.6 is 11.6 Å². The van der Waals surface area contributed by atoms with E-state index in [9.17, 15) is 9.59 Å². The van der Waals surface area contributed by atoms with Crippen LogP contribution in [-0.4, -0.2) is 25.2 Å². The average Bonchev–Trinajstić information content (AvgIpc) is 2.80. The molecule has 0 aliphatic carbocycles. The number of rotatable bonds is 15. The Morgan fingerprint density at radius 2 is 1.42 bits per heavy atom. The van der Waals surface area contributed by atoms with Gasteiger partial charge < -0.3 is 18.9 Å². The number of carbonyl (C=O) groups is 2. The Kier molecular flexibility index (Phi) is 12.3. The first-order chi connectivity index (χ1) is 17.1. The van der Waals surface area contributed by atoms with E-state index in [1.165, 1.54) is 6.92 Å². The van der Waals surface area contributed by atoms with Crippen LogP contribution in [0.5, 0.6) is 23.0 Å². The highest BCUT2D eigenvalue weighted by molar-refractivity contribution is 6.36. The molecular formula is C29H41ClO6. The number of hydrogen-bond donors (Lipinski definition) is 0. The summed E-state index contributed by atoms with van der Waals surface area (Å²) in [5, 5.41) is 1.33. The lowest BCUT2D eigenvalue weighted by molar-refractivity contribution is -0.135. The maximum atomic E-state index is 12.8. The van der Waals surface area contributed by atoms with Gasteiger partial charge in [0.15, 0.2) is 11.5 Å². The van der Waals surface area contributed by atoms with Crippen molar-refractivity contribution in [2.75, 3.05) is 13.2 Å². The fraction of sp³-hybridized carbons (Fsp3) is 0.586. The van der Waals surface area contributed by atoms with Gasteiger partial charge in [-0.2, -0.15) is 0 Å². The van der Waals surface area contributed by atoms with Crippen molar-refractivity contribution in [3.8, 4) is 23.0 Å². The molecule has 0 saturated heterocycles. The fourth-order valence-electron chi connectivity index (χ4n) is 3.81. The summed E-state index contributed by atoms with van der Waals surface area (Å²) in [6.45, 7) is 12.7. The van der Waals surface area contributed by atoms with Gasteiger partial charge in [0.1, 0.15) is 0 Å². The Balaban J connectivity index is 2.68. The van der Waals surface area contributed by atoms with Crippen LogP contribution in [-0.2, 0) is 9.59 Å². The Bertz CT molecular complexity index is 1010. The molecule has 0 amide bonds. The standard InChI is InChI=1S/C29H41ClO6/c1-7-8-16-24(32)36-27-25-22(14-9-15-23(25)30)26(35-21(6)31)28(33-17-10-12-19(2)3)29(27)34-18-11-13-20(4)5/h9,14-15,19-20H,7-8,10-13,16-18H2,1-6H3. The molecule has 0 aromatic heterocycles. The average molecular weight is 521 g/mol. The van der Waals surface area contributed by atoms with Crippen LogP contribution in [0.3, 0.4) is 0 Å². The Labute approximate surface area is 220 Å². The van der Waals surface area contributed by atoms with Crippen LogP contribution in [0.2, 0.25) is 5.02 Å². The number of halogens is 1. The zero-order valence-corrected chi connectivity index (χ0v) is 23.3. The molecule has 0 atom stereocenters. The zero-order valence-electron chi connectivity index (χ0n) is 22.6. The first kappa shape index (κ1) is 29.8. The smallest absolute Gasteiger partial charge is 0.311 e. The van der Waals surface area contributed by atoms with Gasteiger partial charge in [0.05, 0.1) is 23.6 Å². The monoisotopic (exact) mass is 520 g/mol. The summed E-state index contributed by atoms with van der Waals surface area (Å²) in [5.74, 6) is 1.09. The predicted molar refractivity (Wildman–Crippen MR) is 145 cm³/mol. The van der Waals surface area contributed by atoms with E-state index in [1.807, 2.05) is 6.92 Å². The molecule has 0 bridgehead atoms. The van der Waals surface area contributed by atoms with Gasteiger partial charge >= 0.3 is 11.9 Å². The Morgan fingerprint density at radius 1 is 0.833 bits per heavy atom. The molecule has 36 heavy (non-hydrogen) atoms. The van der Waals surface area contributed by atoms with Gasteiger partial charge in [0.2, 0.25) is 11.5 Å². The van der Waals surface area contributed by atoms with Gasteiger partial charge in [-0.15, -0.1) is 0 Å². The Morgan fingerprint density at radius 3 is 1.94 bits per heavy atom. The molecule has 0 aliphatic heterocycles. The van der Waals surface area contributed by atoms with Crippen LogP contribution in [0.25, 0.3) is 10.8 Å². The largest absolute Gasteiger partial charge is 0.486 e. The lowest BCUT2D eigenvalue weighted by Gasteiger charge is -2.22. The number of esters is 2. The third-order valence-electron chi connectivity index (χ3n) is 5.64. The molecule has 200 valence electrons. The van der Waals surface area contributed by atoms with Crippen LogP contribution in [0.15, 0.2) is 18.2 Å². The summed E-state index contributed by atoms with van der Waals surface area (Å²) in [6, 6.07) is 5.23. The van der Waals surface area contributed by atoms with E-state index in [1.54, 1.807) is 18.2 Å². The fourth-order valence-corrected chi connectivity index (χ4v) is 4.07. The lowest BCUT2D eigenvalue weighted by Crippen LogP contribution is -2.13. The van der Waals surface area contributed by atoms with Crippen molar-refractivity contribution in [2.24, 2.45) is 11.8 Å². The van der Waals surface area contributed by atoms with Gasteiger partial charge in [-0.3, -0.25) is 9.59 Å². The molecule has 0 aliphatic rings. The van der Waals surface area contributed by atoms with Gasteiger partial charge in [0.25, 0.3) is 0 Å². The highest BCUT2D eigenvalue weighted by Crippen LogP contribution is 2.53. The molecule has 6 nitrogen and oxygen atoms in total. The number of unbranched alkanes of at least 4 members (excludes halogenated alkanes) is 1. The van der Waals surface area contributed by atoms with Crippen molar-refractivity contribution < 1.29 is 28.5 Å². The summed E-state index contributed by atoms with van der Waals surface area (Å²) in [6.07, 6.45) is 5.41. The van der Waals surface area contributed by atoms with E-state index in [2.05, 4.69) is 27.7 Å². The number of fused-ring (bicyclic) bond motifs is 1. The van der Waals surface area contributed by atoms with E-state index >= 15 is 0 Å². The highest BCUT2D eigenvalue weighted by atomic mass is 35.5. The molecule has 2 rings (SSSR count). The Hall–Kier alpha value is -2.47. The maximum absolute atomic E-state index is 12.8. The second kappa shape index (κ2) is 14.9. The molecule has 7 heteroatoms. The normalized spacial score (nSPS) is 11.2. The van der Waals surface area contributed by atoms with Crippen molar-refractivity contribution in [1.82, 2.24) is 0 Å². The molecule has 0 fully saturated rings. The molecule has 0 spiro atoms. The molecule has 0 saturated carbocycles. The highest BCUT2D eigenvalue weighted by Gasteiger charge is 2.28. The van der Waals surface area contributed by atoms with Gasteiger partial charge in [-0.05, 0) is 50.0 Å². The van der Waals surface area contributed by atoms with Crippen molar-refractivity contribution in [2.45, 2.75) is 86.5 Å². The number of benzene rings is 2. The van der Waals surface area contributed by atoms with Gasteiger partial charge in [-0.1, -0.05) is 64.8 Å². The van der Waals surface area contributed by atoms with Crippen molar-refractivity contribution in [3.63, 3.8) is 0 Å². The van der Waals surface area contributed by atoms with Gasteiger partial charge in [-0.25, -0.2) is 0 Å². The molecule has 0 radical (unpaired) electrons. The quantitative estimate of drug-likeness (QED) is 0.134. The predicted octanol–water partition coefficient (Wildman–Crippen LogP) is 8.14. The van der Waals surface area contributed by atoms with Crippen molar-refractivity contribution >= 4 is 34.3 Å². The molecule has 2 aromatic carbocycles. The zero-order chi connectivity index (χ0) is 26.7. The third-order valence-corrected chi connectivity index (χ3v) is 5.96. The number of hydrogen-bond acceptors (Lipinski definition) is 6. The lowest BCUT2D eigenvalue weighted by atomic mass is 10.1. The maximum Gasteiger partial charge on any atom is 0.311 e. The summed E-state index contributed by atoms with van der Waals surface area (Å²) in [7, 11) is 0. The van der Waals surface area contributed by atoms with Crippen molar-refractivity contribution in [1.29, 1.82) is 0 Å². The van der Waals surface area contributed by atoms with E-state index in [0.29, 0.717) is 47.3 Å². The minimum absolute atomic E-state index is 0.205. The van der Waals surface area contributed by atoms with Crippen molar-refractivity contribution in [3.05, 3.63) is 23.2 Å². The van der Waals surface area contributed by atoms with Crippen LogP contribution in [0.4, 0.5) is 0 Å². The number of ether oxygens (including phenoxy) is 4. The molecule has 0 heterocycles. The van der Waals surface area contributed by atoms with Crippen LogP contribution in [0, 0.1) is 11.8 Å². The first-order valence-corrected chi connectivity index (χ1v) is 13.5. The molecule has 0 N–H and O–H groups in total. The summed E-state index contributed by atoms with van der Waals surface area (Å²) >= 11 is 6.62. The number of carbonyl (C=O) groups excluding carboxylic acids is 2. The van der Waals surface area contributed by atoms with Crippen LogP contribution < -0.4 is 18.9 Å². The summed E-state index contributed by atoms with van der Waals surface area (Å²) < 4.78 is 24.0. The summed E-state index contributed by atoms with van der Waals surface area (Å²) in [5.41, 5.74) is 0. The molecule has 0 unspecified atom stereocenters. The second-order valence-corrected chi connectivity index (χ2v) is 10.3. The second-order valence-electron chi connectivity index (χ2n) is 9.92. The first-order valence-electron chi connectivity index (χ1n) is 13.1. The molecular weight excluding hydrogens is 480 g/mol. The minimum atomic E-state index is -0.498. The summed E-state index contributed by atoms with van der Waals surface area (Å²) in [4.78, 5) is 24.9. The van der Waals surface area contributed by atoms with E-state index < -0.39 is 5.97 Å². The van der Waals surface area contributed by atoms with E-state index in [4.69, 9.17) is 30.5 Å². The van der Waals surface area contributed by atoms with E-state index in [0.717, 1.165) is 32.1 Å². The topological polar surface area (TPSA) is 71.1 Å². The molecule has 2 aromatic rings. The SMILES string of the molecule is CCCCC(=O)Oc1c(OCCCC(C)C)c(OCCCC(C)C)c(OC(C)=O)c2cccc(Cl)c12. The van der Waals surface area contributed by atoms with E-state index in [-0.39, 0.29) is 35.4 Å².